The van der Waals surface area contributed by atoms with E-state index in [1.807, 2.05) is 48.5 Å². The van der Waals surface area contributed by atoms with Gasteiger partial charge >= 0.3 is 0 Å². The molecule has 0 radical (unpaired) electrons. The maximum Gasteiger partial charge on any atom is 0.251 e. The average molecular weight is 527 g/mol. The lowest BCUT2D eigenvalue weighted by molar-refractivity contribution is -0.136. The molecule has 3 saturated carbocycles. The van der Waals surface area contributed by atoms with E-state index in [0.717, 1.165) is 36.1 Å². The molecular weight excluding hydrogens is 496 g/mol. The first-order valence-electron chi connectivity index (χ1n) is 13.4. The molecule has 1 aliphatic heterocycles. The van der Waals surface area contributed by atoms with Crippen LogP contribution < -0.4 is 15.8 Å². The zero-order valence-electron chi connectivity index (χ0n) is 21.3. The van der Waals surface area contributed by atoms with Crippen LogP contribution in [0.3, 0.4) is 0 Å². The molecule has 5 atom stereocenters. The van der Waals surface area contributed by atoms with Crippen LogP contribution in [0.25, 0.3) is 0 Å². The third kappa shape index (κ3) is 3.65. The third-order valence-electron chi connectivity index (χ3n) is 9.27. The van der Waals surface area contributed by atoms with Crippen molar-refractivity contribution in [2.24, 2.45) is 11.3 Å². The van der Waals surface area contributed by atoms with Crippen LogP contribution in [0, 0.1) is 16.7 Å². The summed E-state index contributed by atoms with van der Waals surface area (Å²) in [6, 6.07) is 21.7. The number of nitrogens with zero attached hydrogens (tertiary/aromatic N) is 1. The molecule has 1 amide bonds. The molecule has 7 heteroatoms. The summed E-state index contributed by atoms with van der Waals surface area (Å²) in [7, 11) is 2.21. The van der Waals surface area contributed by atoms with E-state index in [1.54, 1.807) is 18.2 Å². The monoisotopic (exact) mass is 526 g/mol. The first kappa shape index (κ1) is 23.7. The fourth-order valence-electron chi connectivity index (χ4n) is 6.80. The molecule has 4 unspecified atom stereocenters. The first-order valence-corrected chi connectivity index (χ1v) is 13.8. The number of likely N-dealkylation sites (tertiary alicyclic amines) is 1. The third-order valence-corrected chi connectivity index (χ3v) is 9.62. The van der Waals surface area contributed by atoms with E-state index in [-0.39, 0.29) is 17.7 Å². The van der Waals surface area contributed by atoms with Crippen LogP contribution in [-0.2, 0) is 0 Å². The molecule has 3 aliphatic carbocycles. The number of carbonyl (C=O) groups excluding carboxylic acids is 1. The summed E-state index contributed by atoms with van der Waals surface area (Å²) in [5.41, 5.74) is 10.1. The van der Waals surface area contributed by atoms with Gasteiger partial charge in [-0.3, -0.25) is 15.1 Å². The zero-order chi connectivity index (χ0) is 26.2. The maximum absolute atomic E-state index is 13.3. The zero-order valence-corrected chi connectivity index (χ0v) is 22.0. The highest BCUT2D eigenvalue weighted by molar-refractivity contribution is 6.31. The van der Waals surface area contributed by atoms with Crippen molar-refractivity contribution in [3.05, 3.63) is 94.0 Å². The second kappa shape index (κ2) is 8.58. The van der Waals surface area contributed by atoms with E-state index in [0.29, 0.717) is 51.4 Å². The van der Waals surface area contributed by atoms with E-state index < -0.39 is 0 Å². The Morgan fingerprint density at radius 1 is 1.11 bits per heavy atom. The molecule has 3 aromatic rings. The lowest BCUT2D eigenvalue weighted by Crippen LogP contribution is -2.69. The molecule has 1 spiro atoms. The van der Waals surface area contributed by atoms with E-state index in [4.69, 9.17) is 27.5 Å². The minimum atomic E-state index is -0.196. The Hall–Kier alpha value is -3.35. The van der Waals surface area contributed by atoms with Crippen LogP contribution in [0.5, 0.6) is 5.75 Å². The van der Waals surface area contributed by atoms with Crippen molar-refractivity contribution in [1.82, 2.24) is 10.2 Å². The summed E-state index contributed by atoms with van der Waals surface area (Å²) >= 11 is 6.45. The van der Waals surface area contributed by atoms with Crippen molar-refractivity contribution in [3.8, 4) is 5.75 Å². The number of benzene rings is 3. The molecule has 3 aromatic carbocycles. The predicted octanol–water partition coefficient (Wildman–Crippen LogP) is 5.44. The van der Waals surface area contributed by atoms with Crippen molar-refractivity contribution in [3.63, 3.8) is 0 Å². The minimum absolute atomic E-state index is 0.138. The first-order chi connectivity index (χ1) is 18.4. The van der Waals surface area contributed by atoms with Crippen molar-refractivity contribution < 1.29 is 9.53 Å². The smallest absolute Gasteiger partial charge is 0.251 e. The molecule has 194 valence electrons. The Kier molecular flexibility index (Phi) is 5.36. The highest BCUT2D eigenvalue weighted by Crippen LogP contribution is 2.73. The highest BCUT2D eigenvalue weighted by Gasteiger charge is 2.81. The standard InChI is InChI=1S/C31H31ClN4O2/c1-36-25-15-27(31(25)16-26(31)36)38-20-11-8-17(9-12-20)28(34)22-14-19(10-13-24(22)33)30(37)35-29(18-6-7-18)21-4-2-3-5-23(21)32/h2-5,8-14,18,25-27,29,34H,6-7,15-16,33H2,1H3,(H,35,37)/t25?,26?,27?,29-,31?/m1/s1. The van der Waals surface area contributed by atoms with Gasteiger partial charge in [0.1, 0.15) is 11.9 Å². The molecular formula is C31H31ClN4O2. The Bertz CT molecular complexity index is 1450. The number of nitrogens with one attached hydrogen (secondary N) is 2. The average Bonchev–Trinajstić information content (AvgIpc) is 3.84. The number of anilines is 1. The van der Waals surface area contributed by atoms with Gasteiger partial charge in [0.2, 0.25) is 0 Å². The topological polar surface area (TPSA) is 91.4 Å². The van der Waals surface area contributed by atoms with Gasteiger partial charge in [-0.15, -0.1) is 0 Å². The number of carbonyl (C=O) groups is 1. The molecule has 38 heavy (non-hydrogen) atoms. The highest BCUT2D eigenvalue weighted by atomic mass is 35.5. The number of amides is 1. The molecule has 0 aromatic heterocycles. The number of rotatable bonds is 8. The number of hydrogen-bond donors (Lipinski definition) is 3. The van der Waals surface area contributed by atoms with Gasteiger partial charge in [-0.25, -0.2) is 0 Å². The lowest BCUT2D eigenvalue weighted by atomic mass is 9.66. The summed E-state index contributed by atoms with van der Waals surface area (Å²) in [5, 5.41) is 12.7. The summed E-state index contributed by atoms with van der Waals surface area (Å²) in [5.74, 6) is 1.02. The molecule has 4 N–H and O–H groups in total. The van der Waals surface area contributed by atoms with Crippen LogP contribution in [0.4, 0.5) is 5.69 Å². The molecule has 7 rings (SSSR count). The molecule has 0 bridgehead atoms. The van der Waals surface area contributed by atoms with Crippen molar-refractivity contribution in [2.45, 2.75) is 49.9 Å². The Labute approximate surface area is 227 Å². The predicted molar refractivity (Wildman–Crippen MR) is 149 cm³/mol. The fraction of sp³-hybridized carbons (Fsp3) is 0.355. The quantitative estimate of drug-likeness (QED) is 0.269. The molecule has 6 nitrogen and oxygen atoms in total. The van der Waals surface area contributed by atoms with Gasteiger partial charge in [0.25, 0.3) is 5.91 Å². The SMILES string of the molecule is CN1C2CC(Oc3ccc(C(=N)c4cc(C(=O)N[C@@H](c5ccccc5Cl)C5CC5)ccc4N)cc3)C23CC13. The van der Waals surface area contributed by atoms with Crippen LogP contribution in [0.1, 0.15) is 58.8 Å². The minimum Gasteiger partial charge on any atom is -0.490 e. The van der Waals surface area contributed by atoms with E-state index in [2.05, 4.69) is 17.3 Å². The van der Waals surface area contributed by atoms with Gasteiger partial charge in [0, 0.05) is 51.3 Å². The molecule has 1 heterocycles. The Morgan fingerprint density at radius 3 is 2.53 bits per heavy atom. The normalized spacial score (nSPS) is 27.7. The number of ether oxygens (including phenoxy) is 1. The van der Waals surface area contributed by atoms with Gasteiger partial charge in [0.05, 0.1) is 11.8 Å². The Morgan fingerprint density at radius 2 is 1.84 bits per heavy atom. The maximum atomic E-state index is 13.3. The summed E-state index contributed by atoms with van der Waals surface area (Å²) < 4.78 is 6.31. The Balaban J connectivity index is 1.06. The number of nitrogens with two attached hydrogens (primary N) is 1. The van der Waals surface area contributed by atoms with E-state index in [1.165, 1.54) is 6.42 Å². The second-order valence-corrected chi connectivity index (χ2v) is 11.8. The van der Waals surface area contributed by atoms with Crippen LogP contribution in [-0.4, -0.2) is 41.8 Å². The number of piperidine rings is 1. The van der Waals surface area contributed by atoms with E-state index in [9.17, 15) is 4.79 Å². The fourth-order valence-corrected chi connectivity index (χ4v) is 7.06. The number of hydrogen-bond acceptors (Lipinski definition) is 5. The van der Waals surface area contributed by atoms with Crippen LogP contribution >= 0.6 is 11.6 Å². The van der Waals surface area contributed by atoms with Crippen molar-refractivity contribution in [2.75, 3.05) is 12.8 Å². The molecule has 4 aliphatic rings. The van der Waals surface area contributed by atoms with Gasteiger partial charge < -0.3 is 15.8 Å². The second-order valence-electron chi connectivity index (χ2n) is 11.4. The number of nitrogen functional groups attached to an aromatic ring is 1. The number of halogens is 1. The van der Waals surface area contributed by atoms with Gasteiger partial charge in [-0.05, 0) is 86.3 Å². The lowest BCUT2D eigenvalue weighted by Gasteiger charge is -2.58. The van der Waals surface area contributed by atoms with Crippen LogP contribution in [0.2, 0.25) is 5.02 Å². The molecule has 1 saturated heterocycles. The van der Waals surface area contributed by atoms with Gasteiger partial charge in [-0.2, -0.15) is 0 Å². The largest absolute Gasteiger partial charge is 0.490 e. The van der Waals surface area contributed by atoms with Crippen LogP contribution in [0.15, 0.2) is 66.7 Å². The van der Waals surface area contributed by atoms with Gasteiger partial charge in [0.15, 0.2) is 0 Å². The summed E-state index contributed by atoms with van der Waals surface area (Å²) in [6.45, 7) is 0. The van der Waals surface area contributed by atoms with Gasteiger partial charge in [-0.1, -0.05) is 29.8 Å². The molecule has 4 fully saturated rings. The van der Waals surface area contributed by atoms with Crippen molar-refractivity contribution in [1.29, 1.82) is 5.41 Å². The van der Waals surface area contributed by atoms with Crippen molar-refractivity contribution >= 4 is 28.9 Å². The summed E-state index contributed by atoms with van der Waals surface area (Å²) in [4.78, 5) is 15.8. The van der Waals surface area contributed by atoms with E-state index >= 15 is 0 Å². The summed E-state index contributed by atoms with van der Waals surface area (Å²) in [6.07, 6.45) is 4.77.